The Morgan fingerprint density at radius 1 is 1.17 bits per heavy atom. The number of ether oxygens (including phenoxy) is 1. The first-order chi connectivity index (χ1) is 10.2. The fourth-order valence-electron chi connectivity index (χ4n) is 1.67. The van der Waals surface area contributed by atoms with E-state index in [0.29, 0.717) is 12.8 Å². The van der Waals surface area contributed by atoms with Crippen molar-refractivity contribution in [3.05, 3.63) is 41.7 Å². The van der Waals surface area contributed by atoms with Crippen LogP contribution in [0, 0.1) is 0 Å². The minimum Gasteiger partial charge on any atom is -0.462 e. The number of benzene rings is 1. The second-order valence-electron chi connectivity index (χ2n) is 4.40. The summed E-state index contributed by atoms with van der Waals surface area (Å²) in [6.45, 7) is 7.89. The lowest BCUT2D eigenvalue weighted by Crippen LogP contribution is -2.01. The Morgan fingerprint density at radius 2 is 1.74 bits per heavy atom. The zero-order valence-electron chi connectivity index (χ0n) is 13.8. The summed E-state index contributed by atoms with van der Waals surface area (Å²) in [5.41, 5.74) is 1.03. The number of rotatable bonds is 7. The van der Waals surface area contributed by atoms with E-state index in [-0.39, 0.29) is 20.6 Å². The average molecular weight is 322 g/mol. The van der Waals surface area contributed by atoms with Gasteiger partial charge < -0.3 is 4.74 Å². The van der Waals surface area contributed by atoms with Crippen molar-refractivity contribution in [2.45, 2.75) is 61.8 Å². The zero-order chi connectivity index (χ0) is 16.1. The van der Waals surface area contributed by atoms with Crippen molar-refractivity contribution < 1.29 is 9.53 Å². The minimum atomic E-state index is 0. The number of ketones is 1. The summed E-state index contributed by atoms with van der Waals surface area (Å²) in [5.74, 6) is 1.83. The van der Waals surface area contributed by atoms with Crippen molar-refractivity contribution in [1.29, 1.82) is 0 Å². The van der Waals surface area contributed by atoms with Crippen LogP contribution < -0.4 is 4.74 Å². The first-order valence-corrected chi connectivity index (χ1v) is 7.53. The van der Waals surface area contributed by atoms with Crippen LogP contribution >= 0.6 is 0 Å². The highest BCUT2D eigenvalue weighted by atomic mass is 16.5. The van der Waals surface area contributed by atoms with Crippen molar-refractivity contribution in [2.24, 2.45) is 4.99 Å². The average Bonchev–Trinajstić information content (AvgIpc) is 2.49. The van der Waals surface area contributed by atoms with Crippen molar-refractivity contribution in [3.63, 3.8) is 0 Å². The molecular weight excluding hydrogens is 286 g/mol. The largest absolute Gasteiger partial charge is 0.462 e. The van der Waals surface area contributed by atoms with Crippen LogP contribution in [0.4, 0.5) is 0 Å². The molecule has 0 aliphatic carbocycles. The lowest BCUT2D eigenvalue weighted by atomic mass is 10.1. The van der Waals surface area contributed by atoms with Crippen LogP contribution in [0.15, 0.2) is 41.1 Å². The van der Waals surface area contributed by atoms with Crippen molar-refractivity contribution >= 4 is 12.0 Å². The number of aliphatic imine (C=N–C) groups is 1. The molecule has 0 heterocycles. The topological polar surface area (TPSA) is 38.7 Å². The Kier molecular flexibility index (Phi) is 18.6. The lowest BCUT2D eigenvalue weighted by molar-refractivity contribution is -0.118. The highest BCUT2D eigenvalue weighted by Gasteiger charge is 2.03. The summed E-state index contributed by atoms with van der Waals surface area (Å²) in [7, 11) is 1.71. The molecule has 0 N–H and O–H groups in total. The Balaban J connectivity index is -0.000000960. The molecule has 0 spiro atoms. The normalized spacial score (nSPS) is 10.0. The molecule has 3 nitrogen and oxygen atoms in total. The van der Waals surface area contributed by atoms with Gasteiger partial charge in [0.05, 0.1) is 0 Å². The van der Waals surface area contributed by atoms with Gasteiger partial charge in [0.2, 0.25) is 0 Å². The van der Waals surface area contributed by atoms with E-state index in [4.69, 9.17) is 4.74 Å². The fraction of sp³-hybridized carbons (Fsp3) is 0.500. The van der Waals surface area contributed by atoms with Gasteiger partial charge in [0.1, 0.15) is 17.3 Å². The SMILES string of the molecule is C.C.CC.CCCC(=O)Cc1ccc(O/C(C)=C/C=NC)cc1. The fourth-order valence-corrected chi connectivity index (χ4v) is 1.67. The van der Waals surface area contributed by atoms with E-state index < -0.39 is 0 Å². The van der Waals surface area contributed by atoms with Crippen LogP contribution in [0.25, 0.3) is 0 Å². The molecule has 3 heteroatoms. The van der Waals surface area contributed by atoms with Gasteiger partial charge in [-0.3, -0.25) is 9.79 Å². The molecule has 0 unspecified atom stereocenters. The third-order valence-electron chi connectivity index (χ3n) is 2.59. The summed E-state index contributed by atoms with van der Waals surface area (Å²) in [4.78, 5) is 15.4. The van der Waals surface area contributed by atoms with Gasteiger partial charge in [-0.05, 0) is 37.1 Å². The maximum Gasteiger partial charge on any atom is 0.137 e. The maximum atomic E-state index is 11.5. The number of hydrogen-bond acceptors (Lipinski definition) is 3. The number of nitrogens with zero attached hydrogens (tertiary/aromatic N) is 1. The van der Waals surface area contributed by atoms with Gasteiger partial charge >= 0.3 is 0 Å². The molecule has 0 amide bonds. The standard InChI is InChI=1S/C16H21NO2.C2H6.2CH4/c1-4-5-15(18)12-14-6-8-16(9-7-14)19-13(2)10-11-17-3;1-2;;/h6-11H,4-5,12H2,1-3H3;1-2H3;2*1H4/b13-10+,17-11?;;;. The van der Waals surface area contributed by atoms with Gasteiger partial charge in [0.15, 0.2) is 0 Å². The molecular formula is C20H35NO2. The highest BCUT2D eigenvalue weighted by molar-refractivity contribution is 5.80. The first-order valence-electron chi connectivity index (χ1n) is 7.53. The van der Waals surface area contributed by atoms with Crippen LogP contribution in [0.1, 0.15) is 61.0 Å². The molecule has 0 aliphatic rings. The second-order valence-corrected chi connectivity index (χ2v) is 4.40. The Morgan fingerprint density at radius 3 is 2.22 bits per heavy atom. The van der Waals surface area contributed by atoms with Crippen molar-refractivity contribution in [1.82, 2.24) is 0 Å². The second kappa shape index (κ2) is 16.5. The van der Waals surface area contributed by atoms with Gasteiger partial charge in [-0.2, -0.15) is 0 Å². The summed E-state index contributed by atoms with van der Waals surface area (Å²) >= 11 is 0. The molecule has 0 fully saturated rings. The smallest absolute Gasteiger partial charge is 0.137 e. The highest BCUT2D eigenvalue weighted by Crippen LogP contribution is 2.15. The predicted octanol–water partition coefficient (Wildman–Crippen LogP) is 5.88. The van der Waals surface area contributed by atoms with E-state index in [1.165, 1.54) is 0 Å². The molecule has 0 bridgehead atoms. The lowest BCUT2D eigenvalue weighted by Gasteiger charge is -2.06. The molecule has 23 heavy (non-hydrogen) atoms. The van der Waals surface area contributed by atoms with Crippen LogP contribution in [0.5, 0.6) is 5.75 Å². The molecule has 0 saturated carbocycles. The monoisotopic (exact) mass is 321 g/mol. The van der Waals surface area contributed by atoms with E-state index in [2.05, 4.69) is 4.99 Å². The van der Waals surface area contributed by atoms with Crippen LogP contribution in [0.2, 0.25) is 0 Å². The predicted molar refractivity (Wildman–Crippen MR) is 104 cm³/mol. The summed E-state index contributed by atoms with van der Waals surface area (Å²) < 4.78 is 5.61. The number of carbonyl (C=O) groups is 1. The van der Waals surface area contributed by atoms with E-state index in [1.807, 2.05) is 52.0 Å². The molecule has 1 aromatic carbocycles. The number of allylic oxidation sites excluding steroid dienone is 2. The molecule has 0 aromatic heterocycles. The molecule has 0 saturated heterocycles. The molecule has 0 atom stereocenters. The zero-order valence-corrected chi connectivity index (χ0v) is 13.8. The summed E-state index contributed by atoms with van der Waals surface area (Å²) in [6.07, 6.45) is 5.55. The minimum absolute atomic E-state index is 0. The Hall–Kier alpha value is -1.90. The number of hydrogen-bond donors (Lipinski definition) is 0. The van der Waals surface area contributed by atoms with Gasteiger partial charge in [-0.25, -0.2) is 0 Å². The van der Waals surface area contributed by atoms with E-state index in [9.17, 15) is 4.79 Å². The van der Waals surface area contributed by atoms with Crippen LogP contribution in [-0.4, -0.2) is 19.0 Å². The number of carbonyl (C=O) groups excluding carboxylic acids is 1. The Labute approximate surface area is 143 Å². The molecule has 0 radical (unpaired) electrons. The molecule has 1 aromatic rings. The van der Waals surface area contributed by atoms with Gasteiger partial charge in [0.25, 0.3) is 0 Å². The van der Waals surface area contributed by atoms with Crippen LogP contribution in [-0.2, 0) is 11.2 Å². The van der Waals surface area contributed by atoms with E-state index in [1.54, 1.807) is 19.3 Å². The Bertz CT molecular complexity index is 459. The van der Waals surface area contributed by atoms with Crippen molar-refractivity contribution in [3.8, 4) is 5.75 Å². The third kappa shape index (κ3) is 12.3. The summed E-state index contributed by atoms with van der Waals surface area (Å²) in [6, 6.07) is 7.64. The quantitative estimate of drug-likeness (QED) is 0.464. The summed E-state index contributed by atoms with van der Waals surface area (Å²) in [5, 5.41) is 0. The van der Waals surface area contributed by atoms with E-state index in [0.717, 1.165) is 23.5 Å². The van der Waals surface area contributed by atoms with Crippen molar-refractivity contribution in [2.75, 3.05) is 7.05 Å². The van der Waals surface area contributed by atoms with Crippen LogP contribution in [0.3, 0.4) is 0 Å². The first kappa shape index (κ1) is 26.0. The van der Waals surface area contributed by atoms with Gasteiger partial charge in [-0.15, -0.1) is 0 Å². The maximum absolute atomic E-state index is 11.5. The molecule has 1 rings (SSSR count). The molecule has 0 aliphatic heterocycles. The van der Waals surface area contributed by atoms with Gasteiger partial charge in [0, 0.05) is 26.1 Å². The van der Waals surface area contributed by atoms with E-state index >= 15 is 0 Å². The number of Topliss-reactive ketones (excluding diaryl/α,β-unsaturated/α-hetero) is 1. The third-order valence-corrected chi connectivity index (χ3v) is 2.59. The molecule has 132 valence electrons. The van der Waals surface area contributed by atoms with Gasteiger partial charge in [-0.1, -0.05) is 47.8 Å².